The van der Waals surface area contributed by atoms with Gasteiger partial charge in [0.05, 0.1) is 25.0 Å². The lowest BCUT2D eigenvalue weighted by Crippen LogP contribution is -2.15. The molecular formula is C16H16N2O3S2. The molecule has 7 heteroatoms. The third-order valence-electron chi connectivity index (χ3n) is 2.83. The average molecular weight is 348 g/mol. The molecule has 120 valence electrons. The molecule has 23 heavy (non-hydrogen) atoms. The van der Waals surface area contributed by atoms with Crippen LogP contribution < -0.4 is 14.8 Å². The Morgan fingerprint density at radius 1 is 1.30 bits per heavy atom. The van der Waals surface area contributed by atoms with Crippen LogP contribution in [-0.4, -0.2) is 31.1 Å². The molecule has 1 amide bonds. The van der Waals surface area contributed by atoms with Gasteiger partial charge in [-0.3, -0.25) is 4.79 Å². The van der Waals surface area contributed by atoms with Crippen molar-refractivity contribution in [2.75, 3.05) is 30.5 Å². The Balaban J connectivity index is 1.63. The molecule has 0 spiro atoms. The van der Waals surface area contributed by atoms with Gasteiger partial charge in [-0.25, -0.2) is 0 Å². The van der Waals surface area contributed by atoms with Crippen molar-refractivity contribution in [3.8, 4) is 17.6 Å². The first-order chi connectivity index (χ1) is 11.2. The number of nitriles is 1. The maximum atomic E-state index is 11.8. The fourth-order valence-electron chi connectivity index (χ4n) is 1.71. The van der Waals surface area contributed by atoms with Crippen molar-refractivity contribution in [1.29, 1.82) is 5.26 Å². The van der Waals surface area contributed by atoms with Gasteiger partial charge < -0.3 is 14.8 Å². The number of methoxy groups -OCH3 is 1. The van der Waals surface area contributed by atoms with Gasteiger partial charge in [0.1, 0.15) is 22.6 Å². The van der Waals surface area contributed by atoms with Crippen LogP contribution in [0.2, 0.25) is 0 Å². The lowest BCUT2D eigenvalue weighted by Gasteiger charge is -2.07. The van der Waals surface area contributed by atoms with Gasteiger partial charge in [-0.2, -0.15) is 5.26 Å². The van der Waals surface area contributed by atoms with Gasteiger partial charge in [0.15, 0.2) is 0 Å². The quantitative estimate of drug-likeness (QED) is 0.741. The number of amides is 1. The molecule has 0 aliphatic rings. The maximum Gasteiger partial charge on any atom is 0.235 e. The Hall–Kier alpha value is -2.17. The van der Waals surface area contributed by atoms with E-state index in [1.165, 1.54) is 23.1 Å². The number of nitrogens with zero attached hydrogens (tertiary/aromatic N) is 1. The summed E-state index contributed by atoms with van der Waals surface area (Å²) < 4.78 is 10.7. The zero-order valence-electron chi connectivity index (χ0n) is 12.6. The Morgan fingerprint density at radius 2 is 2.04 bits per heavy atom. The first-order valence-electron chi connectivity index (χ1n) is 6.85. The van der Waals surface area contributed by atoms with E-state index in [4.69, 9.17) is 14.7 Å². The van der Waals surface area contributed by atoms with E-state index in [-0.39, 0.29) is 5.91 Å². The lowest BCUT2D eigenvalue weighted by atomic mass is 10.3. The van der Waals surface area contributed by atoms with Crippen LogP contribution >= 0.6 is 23.1 Å². The summed E-state index contributed by atoms with van der Waals surface area (Å²) in [4.78, 5) is 11.8. The van der Waals surface area contributed by atoms with Crippen LogP contribution in [0.5, 0.6) is 11.5 Å². The van der Waals surface area contributed by atoms with Crippen molar-refractivity contribution in [2.24, 2.45) is 0 Å². The summed E-state index contributed by atoms with van der Waals surface area (Å²) in [5.74, 6) is 2.48. The van der Waals surface area contributed by atoms with E-state index in [9.17, 15) is 4.79 Å². The number of thiophene rings is 1. The zero-order valence-corrected chi connectivity index (χ0v) is 14.2. The van der Waals surface area contributed by atoms with Crippen LogP contribution in [-0.2, 0) is 4.79 Å². The van der Waals surface area contributed by atoms with Crippen LogP contribution in [0.4, 0.5) is 5.00 Å². The SMILES string of the molecule is COc1ccc(OCCSCC(=O)Nc2sccc2C#N)cc1. The summed E-state index contributed by atoms with van der Waals surface area (Å²) in [6.07, 6.45) is 0. The zero-order chi connectivity index (χ0) is 16.5. The van der Waals surface area contributed by atoms with Crippen LogP contribution in [0, 0.1) is 11.3 Å². The summed E-state index contributed by atoms with van der Waals surface area (Å²) >= 11 is 2.83. The molecule has 1 aromatic carbocycles. The van der Waals surface area contributed by atoms with Gasteiger partial charge in [-0.15, -0.1) is 23.1 Å². The van der Waals surface area contributed by atoms with Gasteiger partial charge in [0.2, 0.25) is 5.91 Å². The van der Waals surface area contributed by atoms with Crippen LogP contribution in [0.1, 0.15) is 5.56 Å². The fourth-order valence-corrected chi connectivity index (χ4v) is 3.07. The molecule has 0 saturated carbocycles. The standard InChI is InChI=1S/C16H16N2O3S2/c1-20-13-2-4-14(5-3-13)21-7-9-22-11-15(19)18-16-12(10-17)6-8-23-16/h2-6,8H,7,9,11H2,1H3,(H,18,19). The summed E-state index contributed by atoms with van der Waals surface area (Å²) in [7, 11) is 1.62. The molecule has 0 aliphatic heterocycles. The predicted molar refractivity (Wildman–Crippen MR) is 93.5 cm³/mol. The Morgan fingerprint density at radius 3 is 2.74 bits per heavy atom. The highest BCUT2D eigenvalue weighted by Crippen LogP contribution is 2.22. The number of hydrogen-bond acceptors (Lipinski definition) is 6. The molecule has 0 fully saturated rings. The molecular weight excluding hydrogens is 332 g/mol. The molecule has 5 nitrogen and oxygen atoms in total. The predicted octanol–water partition coefficient (Wildman–Crippen LogP) is 3.38. The van der Waals surface area contributed by atoms with Gasteiger partial charge in [0.25, 0.3) is 0 Å². The summed E-state index contributed by atoms with van der Waals surface area (Å²) in [6, 6.07) is 11.1. The molecule has 0 bridgehead atoms. The number of hydrogen-bond donors (Lipinski definition) is 1. The molecule has 1 N–H and O–H groups in total. The monoisotopic (exact) mass is 348 g/mol. The van der Waals surface area contributed by atoms with Gasteiger partial charge in [-0.05, 0) is 35.7 Å². The van der Waals surface area contributed by atoms with E-state index >= 15 is 0 Å². The summed E-state index contributed by atoms with van der Waals surface area (Å²) in [5, 5.41) is 14.0. The Kier molecular flexibility index (Phi) is 6.78. The third kappa shape index (κ3) is 5.51. The molecule has 0 saturated heterocycles. The van der Waals surface area contributed by atoms with Crippen molar-refractivity contribution in [3.05, 3.63) is 41.3 Å². The minimum atomic E-state index is -0.113. The number of carbonyl (C=O) groups is 1. The number of anilines is 1. The molecule has 2 aromatic rings. The number of carbonyl (C=O) groups excluding carboxylic acids is 1. The average Bonchev–Trinajstić information content (AvgIpc) is 3.02. The fraction of sp³-hybridized carbons (Fsp3) is 0.250. The smallest absolute Gasteiger partial charge is 0.235 e. The second kappa shape index (κ2) is 9.08. The van der Waals surface area contributed by atoms with Crippen LogP contribution in [0.25, 0.3) is 0 Å². The van der Waals surface area contributed by atoms with Crippen molar-refractivity contribution < 1.29 is 14.3 Å². The number of benzene rings is 1. The normalized spacial score (nSPS) is 9.91. The van der Waals surface area contributed by atoms with Crippen molar-refractivity contribution >= 4 is 34.0 Å². The molecule has 1 heterocycles. The highest BCUT2D eigenvalue weighted by atomic mass is 32.2. The molecule has 0 unspecified atom stereocenters. The van der Waals surface area contributed by atoms with E-state index < -0.39 is 0 Å². The van der Waals surface area contributed by atoms with Gasteiger partial charge in [-0.1, -0.05) is 0 Å². The van der Waals surface area contributed by atoms with E-state index in [1.54, 1.807) is 18.6 Å². The topological polar surface area (TPSA) is 71.3 Å². The van der Waals surface area contributed by atoms with E-state index in [0.717, 1.165) is 11.5 Å². The van der Waals surface area contributed by atoms with E-state index in [0.29, 0.717) is 28.7 Å². The maximum absolute atomic E-state index is 11.8. The first kappa shape index (κ1) is 17.2. The number of rotatable bonds is 8. The van der Waals surface area contributed by atoms with Crippen molar-refractivity contribution in [3.63, 3.8) is 0 Å². The van der Waals surface area contributed by atoms with Gasteiger partial charge >= 0.3 is 0 Å². The lowest BCUT2D eigenvalue weighted by molar-refractivity contribution is -0.113. The highest BCUT2D eigenvalue weighted by molar-refractivity contribution is 7.99. The van der Waals surface area contributed by atoms with Crippen molar-refractivity contribution in [1.82, 2.24) is 0 Å². The molecule has 2 rings (SSSR count). The van der Waals surface area contributed by atoms with Gasteiger partial charge in [0, 0.05) is 5.75 Å². The Labute approximate surface area is 143 Å². The Bertz CT molecular complexity index is 677. The number of thioether (sulfide) groups is 1. The van der Waals surface area contributed by atoms with Crippen LogP contribution in [0.15, 0.2) is 35.7 Å². The minimum Gasteiger partial charge on any atom is -0.497 e. The van der Waals surface area contributed by atoms with Crippen LogP contribution in [0.3, 0.4) is 0 Å². The third-order valence-corrected chi connectivity index (χ3v) is 4.58. The summed E-state index contributed by atoms with van der Waals surface area (Å²) in [5.41, 5.74) is 0.496. The molecule has 0 radical (unpaired) electrons. The number of nitrogens with one attached hydrogen (secondary N) is 1. The van der Waals surface area contributed by atoms with Crippen molar-refractivity contribution in [2.45, 2.75) is 0 Å². The molecule has 0 atom stereocenters. The highest BCUT2D eigenvalue weighted by Gasteiger charge is 2.08. The molecule has 0 aliphatic carbocycles. The largest absolute Gasteiger partial charge is 0.497 e. The molecule has 1 aromatic heterocycles. The second-order valence-electron chi connectivity index (χ2n) is 4.40. The first-order valence-corrected chi connectivity index (χ1v) is 8.88. The van der Waals surface area contributed by atoms with E-state index in [1.807, 2.05) is 30.3 Å². The second-order valence-corrected chi connectivity index (χ2v) is 6.42. The summed E-state index contributed by atoms with van der Waals surface area (Å²) in [6.45, 7) is 0.521. The van der Waals surface area contributed by atoms with E-state index in [2.05, 4.69) is 5.32 Å². The minimum absolute atomic E-state index is 0.113. The number of ether oxygens (including phenoxy) is 2.